The molecule has 9 aromatic rings. The van der Waals surface area contributed by atoms with Crippen LogP contribution in [0.3, 0.4) is 0 Å². The van der Waals surface area contributed by atoms with Crippen LogP contribution in [0.4, 0.5) is 32.9 Å². The molecule has 0 atom stereocenters. The topological polar surface area (TPSA) is 232 Å². The number of halogens is 2. The monoisotopic (exact) mass is 2260 g/mol. The normalized spacial score (nSPS) is 10.7. The van der Waals surface area contributed by atoms with E-state index >= 15 is 0 Å². The molecule has 0 saturated carbocycles. The van der Waals surface area contributed by atoms with Gasteiger partial charge in [-0.25, -0.2) is 0 Å². The molecule has 145 heavy (non-hydrogen) atoms. The third-order valence-electron chi connectivity index (χ3n) is 17.9. The van der Waals surface area contributed by atoms with Crippen molar-refractivity contribution < 1.29 is 32.9 Å². The molecule has 18 nitrogen and oxygen atoms in total. The minimum atomic E-state index is -2.21. The molecule has 0 amide bonds. The van der Waals surface area contributed by atoms with Crippen LogP contribution in [0.2, 0.25) is 13.3 Å². The summed E-state index contributed by atoms with van der Waals surface area (Å²) < 4.78 is 40.9. The van der Waals surface area contributed by atoms with Gasteiger partial charge in [0.25, 0.3) is 11.4 Å². The van der Waals surface area contributed by atoms with Crippen LogP contribution in [0, 0.1) is 73.6 Å². The molecule has 23 heteroatoms. The quantitative estimate of drug-likeness (QED) is 0.0151. The Kier molecular flexibility index (Phi) is 177. The fourth-order valence-corrected chi connectivity index (χ4v) is 25.7. The van der Waals surface area contributed by atoms with E-state index in [1.165, 1.54) is 97.7 Å². The van der Waals surface area contributed by atoms with Gasteiger partial charge < -0.3 is 44.1 Å². The van der Waals surface area contributed by atoms with Crippen LogP contribution in [0.25, 0.3) is 0 Å². The molecule has 5 aromatic carbocycles. The predicted octanol–water partition coefficient (Wildman–Crippen LogP) is 41.2. The number of nitrogens with one attached hydrogen (secondary N) is 4. The smallest absolute Gasteiger partial charge is 0.272 e. The molecular formula is C122H242B2FIN10O8Sn. The summed E-state index contributed by atoms with van der Waals surface area (Å²) in [6, 6.07) is 58.3. The van der Waals surface area contributed by atoms with Gasteiger partial charge in [-0.05, 0) is 185 Å². The van der Waals surface area contributed by atoms with Gasteiger partial charge in [-0.1, -0.05) is 377 Å². The number of nitrogens with two attached hydrogens (primary N) is 1. The van der Waals surface area contributed by atoms with Gasteiger partial charge in [0.05, 0.1) is 32.3 Å². The van der Waals surface area contributed by atoms with Gasteiger partial charge in [-0.15, -0.1) is 4.48 Å². The minimum absolute atomic E-state index is 0. The number of aromatic amines is 1. The average Bonchev–Trinajstić information content (AvgIpc) is 1.59. The van der Waals surface area contributed by atoms with E-state index in [4.69, 9.17) is 28.1 Å². The van der Waals surface area contributed by atoms with E-state index in [0.717, 1.165) is 17.5 Å². The Hall–Kier alpha value is -7.45. The molecule has 0 spiro atoms. The summed E-state index contributed by atoms with van der Waals surface area (Å²) in [6.07, 6.45) is 19.8. The maximum atomic E-state index is 10.2. The van der Waals surface area contributed by atoms with Crippen LogP contribution in [-0.2, 0) is 25.7 Å². The zero-order chi connectivity index (χ0) is 115. The largest absolute Gasteiger partial charge is 0.388 e. The number of pyridine rings is 2. The molecule has 4 aromatic heterocycles. The van der Waals surface area contributed by atoms with Gasteiger partial charge >= 0.3 is 138 Å². The van der Waals surface area contributed by atoms with Crippen molar-refractivity contribution in [2.24, 2.45) is 24.8 Å². The molecule has 0 unspecified atom stereocenters. The molecule has 6 N–H and O–H groups in total. The maximum Gasteiger partial charge on any atom is 0.272 e. The predicted molar refractivity (Wildman–Crippen MR) is 679 cm³/mol. The first-order valence-corrected chi connectivity index (χ1v) is 63.4. The minimum Gasteiger partial charge on any atom is -0.388 e. The summed E-state index contributed by atoms with van der Waals surface area (Å²) in [5.41, 5.74) is 8.89. The fourth-order valence-electron chi connectivity index (χ4n) is 10.2. The van der Waals surface area contributed by atoms with Gasteiger partial charge in [0, 0.05) is 105 Å². The van der Waals surface area contributed by atoms with Crippen LogP contribution in [0.1, 0.15) is 406 Å². The number of para-hydroxylation sites is 5. The summed E-state index contributed by atoms with van der Waals surface area (Å²) in [4.78, 5) is 33.3. The Balaban J connectivity index is -0.0000000647. The van der Waals surface area contributed by atoms with E-state index < -0.39 is 32.4 Å². The third kappa shape index (κ3) is 106. The number of nitro groups is 2. The summed E-state index contributed by atoms with van der Waals surface area (Å²) in [5, 5.41) is 29.7. The van der Waals surface area contributed by atoms with E-state index in [1.807, 2.05) is 404 Å². The maximum absolute atomic E-state index is 10.2. The van der Waals surface area contributed by atoms with Crippen molar-refractivity contribution in [3.8, 4) is 0 Å². The number of nitrogens with zero attached hydrogens (tertiary/aromatic N) is 5. The zero-order valence-electron chi connectivity index (χ0n) is 103. The van der Waals surface area contributed by atoms with E-state index in [2.05, 4.69) is 192 Å². The van der Waals surface area contributed by atoms with Crippen molar-refractivity contribution in [1.82, 2.24) is 19.5 Å². The Morgan fingerprint density at radius 2 is 0.586 bits per heavy atom. The van der Waals surface area contributed by atoms with Crippen molar-refractivity contribution in [3.63, 3.8) is 0 Å². The number of aryl methyl sites for hydroxylation is 7. The number of unbranched alkanes of at least 4 members (excludes halogenated alkanes) is 3. The molecular weight excluding hydrogens is 2020 g/mol. The van der Waals surface area contributed by atoms with Crippen LogP contribution >= 0.6 is 22.6 Å². The van der Waals surface area contributed by atoms with Gasteiger partial charge in [0.2, 0.25) is 0 Å². The van der Waals surface area contributed by atoms with Crippen molar-refractivity contribution in [2.75, 3.05) is 42.0 Å². The summed E-state index contributed by atoms with van der Waals surface area (Å²) >= 11 is -0.0570. The Morgan fingerprint density at radius 3 is 0.724 bits per heavy atom. The van der Waals surface area contributed by atoms with E-state index in [0.29, 0.717) is 11.1 Å². The second kappa shape index (κ2) is 139. The number of rotatable bonds is 16. The number of benzene rings is 5. The van der Waals surface area contributed by atoms with Crippen molar-refractivity contribution in [2.45, 2.75) is 450 Å². The standard InChI is InChI=1S/C12H24B2O4.3C8H11N.2C7H7NO2.C6H7N.C5H7N.C5H4N.C4H5N.2C4H10.3C4H9.14C2H6.CH3I.3CH4.FH2N.Sn/c1-9(2)10(3,4)16-13(15-9)14-17-11(5,6)12(7,8)18-14;3*1-7-5-3-4-6-8(7)9-2;2*1-6-4-2-3-5-7(6)8(9)10;1-6-4-2-3-5-7-6;1-6-4-2-3-5-6;1-2-4-6-5-3-1;1-2-4-5-3-1;2*1-4(2)3;3*1-3-4-2;15*1-2;;;;1-2;/h1-8H3;3*3-6,9H,1-2H3;2*2-5H,1H3;2-5H,1H3;2-5H,1H3;1-4H;1-5H;2*4H,1-3H3;3*1,3-4H2,2H3;14*1-2H3;1H3;3*1H4;2H2;. The van der Waals surface area contributed by atoms with Gasteiger partial charge in [-0.2, -0.15) is 5.96 Å². The molecule has 852 valence electrons. The number of anilines is 3. The van der Waals surface area contributed by atoms with Crippen molar-refractivity contribution in [1.29, 1.82) is 0 Å². The Bertz CT molecular complexity index is 3540. The Morgan fingerprint density at radius 1 is 0.372 bits per heavy atom. The van der Waals surface area contributed by atoms with Gasteiger partial charge in [-0.3, -0.25) is 25.2 Å². The molecule has 2 aliphatic heterocycles. The number of alkyl halides is 1. The second-order valence-corrected chi connectivity index (χ2v) is 43.6. The van der Waals surface area contributed by atoms with Crippen molar-refractivity contribution in [3.05, 3.63) is 273 Å². The molecule has 0 radical (unpaired) electrons. The number of hydrogen-bond acceptors (Lipinski definition) is 14. The summed E-state index contributed by atoms with van der Waals surface area (Å²) in [5.74, 6) is 4.67. The van der Waals surface area contributed by atoms with Crippen LogP contribution < -0.4 is 25.6 Å². The van der Waals surface area contributed by atoms with E-state index in [-0.39, 0.29) is 65.9 Å². The molecule has 6 heterocycles. The number of aromatic nitrogens is 4. The van der Waals surface area contributed by atoms with E-state index in [9.17, 15) is 20.2 Å². The first-order chi connectivity index (χ1) is 67.9. The average molecular weight is 2260 g/mol. The molecule has 2 fully saturated rings. The fraction of sp³-hybridized carbons (Fsp3) is 0.607. The molecule has 2 saturated heterocycles. The molecule has 0 aliphatic carbocycles. The Labute approximate surface area is 922 Å². The van der Waals surface area contributed by atoms with Crippen LogP contribution in [-0.4, -0.2) is 110 Å². The van der Waals surface area contributed by atoms with Gasteiger partial charge in [0.1, 0.15) is 0 Å². The second-order valence-electron chi connectivity index (χ2n) is 30.5. The first kappa shape index (κ1) is 186. The van der Waals surface area contributed by atoms with Crippen LogP contribution in [0.5, 0.6) is 0 Å². The molecule has 0 bridgehead atoms. The van der Waals surface area contributed by atoms with Gasteiger partial charge in [0.15, 0.2) is 0 Å². The van der Waals surface area contributed by atoms with E-state index in [1.54, 1.807) is 60.2 Å². The molecule has 11 rings (SSSR count). The van der Waals surface area contributed by atoms with Crippen LogP contribution in [0.15, 0.2) is 219 Å². The zero-order valence-corrected chi connectivity index (χ0v) is 108. The number of hydrogen-bond donors (Lipinski definition) is 5. The number of H-pyrrole nitrogens is 1. The summed E-state index contributed by atoms with van der Waals surface area (Å²) in [6.45, 7) is 104. The summed E-state index contributed by atoms with van der Waals surface area (Å²) in [7, 11) is 6.85. The SMILES string of the molecule is C.C.C.CC.CC.CC.CC.CC.CC.CC.CC.CC.CC.CC.CC.CC.CC.CC(C)C.CC(C)C.CC1(C)OB(B2OC(C)(C)C(C)(C)O2)OC1(C)C.CCC[CH2][Sn]([CH2]CCC)([CH2]CCC)[c]1ccccn1.CI.CNc1ccccc1C.CNc1ccccc1C.CNc1ccccc1C.Cc1ccccc1[N+](=O)[O-].Cc1ccccc1[N+](=O)[O-].Cc1ccccn1.Cn1cccc1.NF.c1cc[nH]c1. The number of nitro benzene ring substituents is 2. The van der Waals surface area contributed by atoms with Crippen molar-refractivity contribution >= 4 is 87.1 Å². The molecule has 2 aliphatic rings. The third-order valence-corrected chi connectivity index (χ3v) is 33.1. The first-order valence-electron chi connectivity index (χ1n) is 53.7.